The van der Waals surface area contributed by atoms with Crippen molar-refractivity contribution >= 4 is 34.8 Å². The van der Waals surface area contributed by atoms with E-state index in [9.17, 15) is 0 Å². The lowest BCUT2D eigenvalue weighted by Gasteiger charge is -2.03. The summed E-state index contributed by atoms with van der Waals surface area (Å²) in [5.74, 6) is 0.444. The van der Waals surface area contributed by atoms with Crippen LogP contribution in [0.5, 0.6) is 0 Å². The van der Waals surface area contributed by atoms with E-state index in [1.165, 1.54) is 0 Å². The molecule has 2 aromatic rings. The first kappa shape index (κ1) is 11.6. The van der Waals surface area contributed by atoms with Crippen molar-refractivity contribution in [2.45, 2.75) is 0 Å². The second kappa shape index (κ2) is 4.58. The third kappa shape index (κ3) is 2.29. The van der Waals surface area contributed by atoms with Gasteiger partial charge in [-0.15, -0.1) is 0 Å². The zero-order valence-electron chi connectivity index (χ0n) is 8.04. The molecule has 2 nitrogen and oxygen atoms in total. The average Bonchev–Trinajstić information content (AvgIpc) is 2.26. The highest BCUT2D eigenvalue weighted by molar-refractivity contribution is 6.46. The van der Waals surface area contributed by atoms with Crippen molar-refractivity contribution in [2.24, 2.45) is 0 Å². The Morgan fingerprint density at radius 3 is 1.88 bits per heavy atom. The van der Waals surface area contributed by atoms with Crippen LogP contribution in [0, 0.1) is 6.92 Å². The monoisotopic (exact) mass is 271 g/mol. The van der Waals surface area contributed by atoms with Crippen LogP contribution in [0.25, 0.3) is 11.4 Å². The molecule has 0 aliphatic heterocycles. The predicted molar refractivity (Wildman–Crippen MR) is 67.0 cm³/mol. The van der Waals surface area contributed by atoms with Crippen LogP contribution in [-0.2, 0) is 0 Å². The smallest absolute Gasteiger partial charge is 0.162 e. The molecule has 0 saturated carbocycles. The first-order valence-electron chi connectivity index (χ1n) is 4.39. The number of hydrogen-bond donors (Lipinski definition) is 0. The Hall–Kier alpha value is -0.830. The van der Waals surface area contributed by atoms with Gasteiger partial charge in [0, 0.05) is 5.56 Å². The molecule has 0 amide bonds. The normalized spacial score (nSPS) is 10.5. The molecular weight excluding hydrogens is 266 g/mol. The Bertz CT molecular complexity index is 500. The molecule has 5 heteroatoms. The van der Waals surface area contributed by atoms with Crippen LogP contribution >= 0.6 is 34.8 Å². The van der Waals surface area contributed by atoms with Gasteiger partial charge in [-0.2, -0.15) is 0 Å². The van der Waals surface area contributed by atoms with Gasteiger partial charge in [-0.1, -0.05) is 59.1 Å². The fourth-order valence-electron chi connectivity index (χ4n) is 1.18. The summed E-state index contributed by atoms with van der Waals surface area (Å²) < 4.78 is 0. The highest BCUT2D eigenvalue weighted by Crippen LogP contribution is 2.29. The molecule has 0 aliphatic carbocycles. The Morgan fingerprint density at radius 1 is 0.875 bits per heavy atom. The van der Waals surface area contributed by atoms with Crippen molar-refractivity contribution in [1.29, 1.82) is 0 Å². The Balaban J connectivity index is 2.52. The molecule has 1 radical (unpaired) electrons. The van der Waals surface area contributed by atoms with E-state index in [-0.39, 0.29) is 15.3 Å². The van der Waals surface area contributed by atoms with Gasteiger partial charge in [0.25, 0.3) is 0 Å². The lowest BCUT2D eigenvalue weighted by molar-refractivity contribution is 1.18. The molecule has 1 aromatic carbocycles. The molecule has 0 saturated heterocycles. The largest absolute Gasteiger partial charge is 0.215 e. The topological polar surface area (TPSA) is 25.8 Å². The fraction of sp³-hybridized carbons (Fsp3) is 0. The number of nitrogens with zero attached hydrogens (tertiary/aromatic N) is 2. The third-order valence-electron chi connectivity index (χ3n) is 1.98. The van der Waals surface area contributed by atoms with Crippen LogP contribution in [0.1, 0.15) is 5.56 Å². The minimum atomic E-state index is 0.148. The van der Waals surface area contributed by atoms with E-state index < -0.39 is 0 Å². The van der Waals surface area contributed by atoms with Crippen molar-refractivity contribution in [1.82, 2.24) is 9.97 Å². The van der Waals surface area contributed by atoms with E-state index in [0.29, 0.717) is 5.82 Å². The summed E-state index contributed by atoms with van der Waals surface area (Å²) in [7, 11) is 0. The Labute approximate surface area is 108 Å². The second-order valence-corrected chi connectivity index (χ2v) is 4.23. The van der Waals surface area contributed by atoms with Gasteiger partial charge in [-0.3, -0.25) is 0 Å². The summed E-state index contributed by atoms with van der Waals surface area (Å²) in [4.78, 5) is 8.10. The molecule has 16 heavy (non-hydrogen) atoms. The molecule has 0 aliphatic rings. The zero-order chi connectivity index (χ0) is 11.7. The highest BCUT2D eigenvalue weighted by Gasteiger charge is 2.10. The first-order valence-corrected chi connectivity index (χ1v) is 5.52. The molecule has 0 bridgehead atoms. The van der Waals surface area contributed by atoms with Gasteiger partial charge in [0.05, 0.1) is 0 Å². The number of halogens is 3. The van der Waals surface area contributed by atoms with Crippen LogP contribution < -0.4 is 0 Å². The van der Waals surface area contributed by atoms with Crippen LogP contribution in [-0.4, -0.2) is 9.97 Å². The maximum atomic E-state index is 5.82. The maximum absolute atomic E-state index is 5.82. The number of aromatic nitrogens is 2. The first-order chi connectivity index (χ1) is 7.58. The van der Waals surface area contributed by atoms with Crippen molar-refractivity contribution in [3.8, 4) is 11.4 Å². The van der Waals surface area contributed by atoms with Gasteiger partial charge in [0.1, 0.15) is 5.02 Å². The zero-order valence-corrected chi connectivity index (χ0v) is 10.3. The minimum Gasteiger partial charge on any atom is -0.215 e. The van der Waals surface area contributed by atoms with Gasteiger partial charge in [-0.25, -0.2) is 9.97 Å². The molecule has 1 aromatic heterocycles. The van der Waals surface area contributed by atoms with E-state index in [4.69, 9.17) is 34.8 Å². The summed E-state index contributed by atoms with van der Waals surface area (Å²) in [6.45, 7) is 3.79. The highest BCUT2D eigenvalue weighted by atomic mass is 35.5. The average molecular weight is 273 g/mol. The minimum absolute atomic E-state index is 0.148. The van der Waals surface area contributed by atoms with Crippen LogP contribution in [0.4, 0.5) is 0 Å². The van der Waals surface area contributed by atoms with Crippen LogP contribution in [0.3, 0.4) is 0 Å². The third-order valence-corrected chi connectivity index (χ3v) is 3.08. The van der Waals surface area contributed by atoms with E-state index in [2.05, 4.69) is 16.9 Å². The molecule has 0 unspecified atom stereocenters. The molecule has 81 valence electrons. The lowest BCUT2D eigenvalue weighted by Crippen LogP contribution is -1.91. The summed E-state index contributed by atoms with van der Waals surface area (Å²) >= 11 is 17.4. The van der Waals surface area contributed by atoms with Crippen LogP contribution in [0.15, 0.2) is 24.3 Å². The van der Waals surface area contributed by atoms with Crippen LogP contribution in [0.2, 0.25) is 15.3 Å². The molecule has 0 N–H and O–H groups in total. The Kier molecular flexibility index (Phi) is 3.33. The van der Waals surface area contributed by atoms with E-state index in [1.54, 1.807) is 0 Å². The number of hydrogen-bond acceptors (Lipinski definition) is 2. The summed E-state index contributed by atoms with van der Waals surface area (Å²) in [6.07, 6.45) is 0. The van der Waals surface area contributed by atoms with Gasteiger partial charge >= 0.3 is 0 Å². The molecule has 2 rings (SSSR count). The van der Waals surface area contributed by atoms with Crippen molar-refractivity contribution in [3.63, 3.8) is 0 Å². The van der Waals surface area contributed by atoms with E-state index in [0.717, 1.165) is 11.1 Å². The van der Waals surface area contributed by atoms with E-state index in [1.807, 2.05) is 24.3 Å². The lowest BCUT2D eigenvalue weighted by atomic mass is 10.1. The molecule has 0 spiro atoms. The van der Waals surface area contributed by atoms with Gasteiger partial charge in [0.15, 0.2) is 16.1 Å². The van der Waals surface area contributed by atoms with Gasteiger partial charge < -0.3 is 0 Å². The van der Waals surface area contributed by atoms with Crippen molar-refractivity contribution < 1.29 is 0 Å². The Morgan fingerprint density at radius 2 is 1.38 bits per heavy atom. The fourth-order valence-corrected chi connectivity index (χ4v) is 1.65. The SMILES string of the molecule is [CH2]c1ccc(-c2nc(Cl)c(Cl)c(Cl)n2)cc1. The van der Waals surface area contributed by atoms with Gasteiger partial charge in [0.2, 0.25) is 0 Å². The predicted octanol–water partition coefficient (Wildman–Crippen LogP) is 4.29. The summed E-state index contributed by atoms with van der Waals surface area (Å²) in [5.41, 5.74) is 1.72. The summed E-state index contributed by atoms with van der Waals surface area (Å²) in [5, 5.41) is 0.464. The second-order valence-electron chi connectivity index (χ2n) is 3.14. The maximum Gasteiger partial charge on any atom is 0.162 e. The van der Waals surface area contributed by atoms with Crippen molar-refractivity contribution in [2.75, 3.05) is 0 Å². The number of rotatable bonds is 1. The molecule has 0 fully saturated rings. The van der Waals surface area contributed by atoms with Crippen molar-refractivity contribution in [3.05, 3.63) is 52.1 Å². The van der Waals surface area contributed by atoms with Gasteiger partial charge in [-0.05, 0) is 12.5 Å². The quantitative estimate of drug-likeness (QED) is 0.724. The van der Waals surface area contributed by atoms with E-state index >= 15 is 0 Å². The standard InChI is InChI=1S/C11H6Cl3N2/c1-6-2-4-7(5-3-6)11-15-9(13)8(12)10(14)16-11/h2-5H,1H2. The molecular formula is C11H6Cl3N2. The molecule has 1 heterocycles. The number of benzene rings is 1. The summed E-state index contributed by atoms with van der Waals surface area (Å²) in [6, 6.07) is 7.40. The molecule has 0 atom stereocenters.